The second-order valence-electron chi connectivity index (χ2n) is 6.30. The number of hydrogen-bond acceptors (Lipinski definition) is 3. The maximum absolute atomic E-state index is 6.32. The van der Waals surface area contributed by atoms with Crippen molar-refractivity contribution >= 4 is 0 Å². The lowest BCUT2D eigenvalue weighted by Gasteiger charge is -2.51. The van der Waals surface area contributed by atoms with Crippen LogP contribution in [0.25, 0.3) is 0 Å². The summed E-state index contributed by atoms with van der Waals surface area (Å²) in [5.41, 5.74) is 8.01. The van der Waals surface area contributed by atoms with Crippen molar-refractivity contribution in [3.8, 4) is 5.75 Å². The van der Waals surface area contributed by atoms with Crippen molar-refractivity contribution in [1.29, 1.82) is 0 Å². The highest BCUT2D eigenvalue weighted by Gasteiger charge is 2.45. The van der Waals surface area contributed by atoms with E-state index >= 15 is 0 Å². The normalized spacial score (nSPS) is 35.1. The van der Waals surface area contributed by atoms with Crippen LogP contribution in [0.3, 0.4) is 0 Å². The third-order valence-electron chi connectivity index (χ3n) is 5.10. The highest BCUT2D eigenvalue weighted by atomic mass is 16.5. The van der Waals surface area contributed by atoms with Gasteiger partial charge in [0.1, 0.15) is 5.75 Å². The number of rotatable bonds is 2. The molecule has 0 radical (unpaired) electrons. The standard InChI is InChI=1S/C16H24N2O/c1-18-7-6-16(10-13(17)9-14(18)11-16)12-4-3-5-15(8-12)19-2/h3-5,8,13-14H,6-7,9-11,17H2,1-2H3/t13-,14+,16+/m1/s1. The number of benzene rings is 1. The van der Waals surface area contributed by atoms with Gasteiger partial charge in [-0.05, 0) is 62.4 Å². The maximum atomic E-state index is 6.32. The average molecular weight is 260 g/mol. The van der Waals surface area contributed by atoms with Gasteiger partial charge in [-0.25, -0.2) is 0 Å². The topological polar surface area (TPSA) is 38.5 Å². The van der Waals surface area contributed by atoms with Gasteiger partial charge >= 0.3 is 0 Å². The Morgan fingerprint density at radius 1 is 1.37 bits per heavy atom. The van der Waals surface area contributed by atoms with Crippen LogP contribution in [-0.4, -0.2) is 37.7 Å². The number of ether oxygens (including phenoxy) is 1. The molecule has 0 amide bonds. The highest BCUT2D eigenvalue weighted by Crippen LogP contribution is 2.46. The summed E-state index contributed by atoms with van der Waals surface area (Å²) in [6.07, 6.45) is 4.71. The Morgan fingerprint density at radius 3 is 3.00 bits per heavy atom. The highest BCUT2D eigenvalue weighted by molar-refractivity contribution is 5.35. The van der Waals surface area contributed by atoms with Gasteiger partial charge < -0.3 is 15.4 Å². The van der Waals surface area contributed by atoms with Gasteiger partial charge in [-0.3, -0.25) is 0 Å². The van der Waals surface area contributed by atoms with Crippen LogP contribution in [0.15, 0.2) is 24.3 Å². The zero-order chi connectivity index (χ0) is 13.5. The van der Waals surface area contributed by atoms with Crippen LogP contribution in [0.4, 0.5) is 0 Å². The minimum atomic E-state index is 0.267. The molecule has 1 saturated carbocycles. The molecule has 2 fully saturated rings. The lowest BCUT2D eigenvalue weighted by Crippen LogP contribution is -2.55. The van der Waals surface area contributed by atoms with E-state index in [-0.39, 0.29) is 5.41 Å². The molecule has 1 aromatic carbocycles. The van der Waals surface area contributed by atoms with Crippen molar-refractivity contribution in [3.63, 3.8) is 0 Å². The second-order valence-corrected chi connectivity index (χ2v) is 6.30. The number of piperidine rings is 1. The van der Waals surface area contributed by atoms with E-state index in [1.165, 1.54) is 24.9 Å². The molecule has 104 valence electrons. The van der Waals surface area contributed by atoms with Gasteiger partial charge in [0.05, 0.1) is 7.11 Å². The Labute approximate surface area is 115 Å². The van der Waals surface area contributed by atoms with Gasteiger partial charge in [-0.15, -0.1) is 0 Å². The van der Waals surface area contributed by atoms with E-state index in [9.17, 15) is 0 Å². The molecule has 3 nitrogen and oxygen atoms in total. The quantitative estimate of drug-likeness (QED) is 0.885. The molecule has 1 saturated heterocycles. The Balaban J connectivity index is 1.96. The fraction of sp³-hybridized carbons (Fsp3) is 0.625. The summed E-state index contributed by atoms with van der Waals surface area (Å²) in [6.45, 7) is 1.18. The van der Waals surface area contributed by atoms with Crippen LogP contribution >= 0.6 is 0 Å². The van der Waals surface area contributed by atoms with Crippen molar-refractivity contribution < 1.29 is 4.74 Å². The SMILES string of the molecule is COc1cccc([C@@]23CCN(C)[C@@H](C[C@@H](N)C2)C3)c1. The molecule has 0 spiro atoms. The number of methoxy groups -OCH3 is 1. The monoisotopic (exact) mass is 260 g/mol. The molecule has 0 aromatic heterocycles. The Hall–Kier alpha value is -1.06. The van der Waals surface area contributed by atoms with Gasteiger partial charge in [-0.2, -0.15) is 0 Å². The summed E-state index contributed by atoms with van der Waals surface area (Å²) < 4.78 is 5.39. The van der Waals surface area contributed by atoms with E-state index < -0.39 is 0 Å². The zero-order valence-corrected chi connectivity index (χ0v) is 11.9. The van der Waals surface area contributed by atoms with E-state index in [0.29, 0.717) is 12.1 Å². The molecule has 1 heterocycles. The van der Waals surface area contributed by atoms with Crippen LogP contribution in [0.1, 0.15) is 31.2 Å². The van der Waals surface area contributed by atoms with Gasteiger partial charge in [0.15, 0.2) is 0 Å². The average Bonchev–Trinajstić information content (AvgIpc) is 2.43. The molecule has 3 heteroatoms. The predicted octanol–water partition coefficient (Wildman–Crippen LogP) is 2.15. The molecule has 19 heavy (non-hydrogen) atoms. The van der Waals surface area contributed by atoms with E-state index in [4.69, 9.17) is 10.5 Å². The first-order valence-corrected chi connectivity index (χ1v) is 7.23. The van der Waals surface area contributed by atoms with Crippen molar-refractivity contribution in [3.05, 3.63) is 29.8 Å². The van der Waals surface area contributed by atoms with Crippen molar-refractivity contribution in [2.24, 2.45) is 5.73 Å². The van der Waals surface area contributed by atoms with Crippen LogP contribution in [0.5, 0.6) is 5.75 Å². The number of hydrogen-bond donors (Lipinski definition) is 1. The van der Waals surface area contributed by atoms with Crippen LogP contribution in [-0.2, 0) is 5.41 Å². The molecule has 2 bridgehead atoms. The van der Waals surface area contributed by atoms with Crippen molar-refractivity contribution in [1.82, 2.24) is 4.90 Å². The third-order valence-corrected chi connectivity index (χ3v) is 5.10. The lowest BCUT2D eigenvalue weighted by molar-refractivity contribution is 0.0618. The first kappa shape index (κ1) is 12.9. The molecule has 3 rings (SSSR count). The summed E-state index contributed by atoms with van der Waals surface area (Å²) in [7, 11) is 3.97. The first-order chi connectivity index (χ1) is 9.13. The van der Waals surface area contributed by atoms with E-state index in [2.05, 4.69) is 30.1 Å². The fourth-order valence-electron chi connectivity index (χ4n) is 4.00. The minimum Gasteiger partial charge on any atom is -0.497 e. The fourth-order valence-corrected chi connectivity index (χ4v) is 4.00. The van der Waals surface area contributed by atoms with Crippen molar-refractivity contribution in [2.75, 3.05) is 20.7 Å². The van der Waals surface area contributed by atoms with E-state index in [1.54, 1.807) is 7.11 Å². The maximum Gasteiger partial charge on any atom is 0.119 e. The Bertz CT molecular complexity index is 462. The largest absolute Gasteiger partial charge is 0.497 e. The second kappa shape index (κ2) is 4.80. The number of likely N-dealkylation sites (tertiary alicyclic amines) is 1. The molecule has 0 unspecified atom stereocenters. The smallest absolute Gasteiger partial charge is 0.119 e. The Morgan fingerprint density at radius 2 is 2.21 bits per heavy atom. The van der Waals surface area contributed by atoms with Gasteiger partial charge in [0.2, 0.25) is 0 Å². The predicted molar refractivity (Wildman–Crippen MR) is 77.5 cm³/mol. The lowest BCUT2D eigenvalue weighted by atomic mass is 9.62. The summed E-state index contributed by atoms with van der Waals surface area (Å²) in [5.74, 6) is 0.960. The van der Waals surface area contributed by atoms with Gasteiger partial charge in [0, 0.05) is 12.1 Å². The summed E-state index contributed by atoms with van der Waals surface area (Å²) in [4.78, 5) is 2.48. The van der Waals surface area contributed by atoms with E-state index in [0.717, 1.165) is 18.6 Å². The third kappa shape index (κ3) is 2.26. The number of nitrogens with two attached hydrogens (primary N) is 1. The van der Waals surface area contributed by atoms with E-state index in [1.807, 2.05) is 6.07 Å². The Kier molecular flexibility index (Phi) is 3.27. The molecule has 3 atom stereocenters. The van der Waals surface area contributed by atoms with Crippen LogP contribution in [0, 0.1) is 0 Å². The molecular formula is C16H24N2O. The van der Waals surface area contributed by atoms with Crippen LogP contribution < -0.4 is 10.5 Å². The molecular weight excluding hydrogens is 236 g/mol. The zero-order valence-electron chi connectivity index (χ0n) is 11.9. The summed E-state index contributed by atoms with van der Waals surface area (Å²) in [6, 6.07) is 9.56. The summed E-state index contributed by atoms with van der Waals surface area (Å²) >= 11 is 0. The van der Waals surface area contributed by atoms with Gasteiger partial charge in [0.25, 0.3) is 0 Å². The molecule has 1 aromatic rings. The van der Waals surface area contributed by atoms with Crippen molar-refractivity contribution in [2.45, 2.75) is 43.2 Å². The summed E-state index contributed by atoms with van der Waals surface area (Å²) in [5, 5.41) is 0. The first-order valence-electron chi connectivity index (χ1n) is 7.23. The molecule has 2 N–H and O–H groups in total. The number of fused-ring (bicyclic) bond motifs is 2. The van der Waals surface area contributed by atoms with Gasteiger partial charge in [-0.1, -0.05) is 12.1 Å². The van der Waals surface area contributed by atoms with Crippen LogP contribution in [0.2, 0.25) is 0 Å². The number of nitrogens with zero attached hydrogens (tertiary/aromatic N) is 1. The molecule has 2 aliphatic rings. The molecule has 1 aliphatic heterocycles. The molecule has 1 aliphatic carbocycles. The minimum absolute atomic E-state index is 0.267.